The summed E-state index contributed by atoms with van der Waals surface area (Å²) in [6, 6.07) is 0.460. The van der Waals surface area contributed by atoms with Crippen molar-refractivity contribution in [3.8, 4) is 0 Å². The molecule has 0 aromatic heterocycles. The molecule has 0 aromatic rings. The van der Waals surface area contributed by atoms with Crippen molar-refractivity contribution in [1.82, 2.24) is 5.32 Å². The summed E-state index contributed by atoms with van der Waals surface area (Å²) in [6.07, 6.45) is 3.45. The molecule has 0 rings (SSSR count). The third kappa shape index (κ3) is 8.61. The SMILES string of the molecule is CCC(C)CC(CC)NC(=S)SSC(N)=S. The van der Waals surface area contributed by atoms with Gasteiger partial charge in [0, 0.05) is 6.04 Å². The van der Waals surface area contributed by atoms with Gasteiger partial charge in [-0.3, -0.25) is 0 Å². The van der Waals surface area contributed by atoms with E-state index in [2.05, 4.69) is 26.1 Å². The van der Waals surface area contributed by atoms with Crippen molar-refractivity contribution in [2.75, 3.05) is 0 Å². The van der Waals surface area contributed by atoms with Crippen molar-refractivity contribution < 1.29 is 0 Å². The Morgan fingerprint density at radius 2 is 1.88 bits per heavy atom. The van der Waals surface area contributed by atoms with Gasteiger partial charge in [0.2, 0.25) is 0 Å². The molecule has 0 aromatic carbocycles. The molecule has 0 saturated heterocycles. The number of hydrogen-bond donors (Lipinski definition) is 2. The Bertz CT molecular complexity index is 233. The van der Waals surface area contributed by atoms with E-state index in [0.717, 1.165) is 23.1 Å². The van der Waals surface area contributed by atoms with Gasteiger partial charge < -0.3 is 11.1 Å². The van der Waals surface area contributed by atoms with Crippen LogP contribution in [0.3, 0.4) is 0 Å². The lowest BCUT2D eigenvalue weighted by atomic mass is 9.98. The Balaban J connectivity index is 3.92. The standard InChI is InChI=1S/C10H20N2S4/c1-4-7(3)6-8(5-2)12-10(14)16-15-9(11)13/h7-8H,4-6H2,1-3H3,(H2,11,13)(H,12,14). The molecule has 0 radical (unpaired) electrons. The zero-order chi connectivity index (χ0) is 12.6. The van der Waals surface area contributed by atoms with Crippen LogP contribution in [0.25, 0.3) is 0 Å². The fourth-order valence-electron chi connectivity index (χ4n) is 1.25. The van der Waals surface area contributed by atoms with Crippen LogP contribution in [0, 0.1) is 5.92 Å². The molecular formula is C10H20N2S4. The Labute approximate surface area is 117 Å². The summed E-state index contributed by atoms with van der Waals surface area (Å²) >= 11 is 10.00. The van der Waals surface area contributed by atoms with Gasteiger partial charge in [-0.25, -0.2) is 0 Å². The first kappa shape index (κ1) is 16.5. The summed E-state index contributed by atoms with van der Waals surface area (Å²) in [5.74, 6) is 0.730. The molecule has 6 heteroatoms. The molecule has 0 fully saturated rings. The van der Waals surface area contributed by atoms with Crippen molar-refractivity contribution >= 4 is 54.7 Å². The fraction of sp³-hybridized carbons (Fsp3) is 0.800. The van der Waals surface area contributed by atoms with Crippen LogP contribution in [0.2, 0.25) is 0 Å². The first-order valence-corrected chi connectivity index (χ1v) is 8.40. The highest BCUT2D eigenvalue weighted by Gasteiger charge is 2.12. The molecule has 0 saturated carbocycles. The average molecular weight is 297 g/mol. The van der Waals surface area contributed by atoms with Crippen LogP contribution >= 0.6 is 46.0 Å². The van der Waals surface area contributed by atoms with Gasteiger partial charge in [0.05, 0.1) is 0 Å². The maximum Gasteiger partial charge on any atom is 0.145 e. The van der Waals surface area contributed by atoms with Crippen LogP contribution in [0.4, 0.5) is 0 Å². The molecule has 0 bridgehead atoms. The van der Waals surface area contributed by atoms with Crippen LogP contribution in [0.1, 0.15) is 40.0 Å². The van der Waals surface area contributed by atoms with E-state index in [1.54, 1.807) is 0 Å². The molecule has 2 nitrogen and oxygen atoms in total. The average Bonchev–Trinajstić information content (AvgIpc) is 2.25. The minimum atomic E-state index is 0.420. The van der Waals surface area contributed by atoms with Crippen LogP contribution in [0.5, 0.6) is 0 Å². The Hall–Kier alpha value is 0.480. The third-order valence-electron chi connectivity index (χ3n) is 2.40. The number of nitrogens with one attached hydrogen (secondary N) is 1. The summed E-state index contributed by atoms with van der Waals surface area (Å²) < 4.78 is 1.19. The van der Waals surface area contributed by atoms with Crippen molar-refractivity contribution in [3.05, 3.63) is 0 Å². The Morgan fingerprint density at radius 3 is 2.31 bits per heavy atom. The lowest BCUT2D eigenvalue weighted by Crippen LogP contribution is -2.32. The molecule has 0 aliphatic carbocycles. The number of rotatable bonds is 5. The predicted octanol–water partition coefficient (Wildman–Crippen LogP) is 3.70. The topological polar surface area (TPSA) is 38.0 Å². The highest BCUT2D eigenvalue weighted by molar-refractivity contribution is 8.89. The van der Waals surface area contributed by atoms with Crippen LogP contribution in [-0.4, -0.2) is 14.7 Å². The molecule has 2 unspecified atom stereocenters. The maximum atomic E-state index is 5.39. The van der Waals surface area contributed by atoms with Gasteiger partial charge in [-0.05, 0) is 40.3 Å². The van der Waals surface area contributed by atoms with Gasteiger partial charge >= 0.3 is 0 Å². The van der Waals surface area contributed by atoms with Gasteiger partial charge in [0.1, 0.15) is 8.64 Å². The molecular weight excluding hydrogens is 276 g/mol. The molecule has 0 amide bonds. The monoisotopic (exact) mass is 296 g/mol. The Morgan fingerprint density at radius 1 is 1.25 bits per heavy atom. The Kier molecular flexibility index (Phi) is 9.79. The zero-order valence-corrected chi connectivity index (χ0v) is 13.3. The van der Waals surface area contributed by atoms with Crippen molar-refractivity contribution in [2.24, 2.45) is 11.7 Å². The smallest absolute Gasteiger partial charge is 0.145 e. The maximum absolute atomic E-state index is 5.39. The first-order chi connectivity index (χ1) is 7.49. The van der Waals surface area contributed by atoms with Gasteiger partial charge in [0.15, 0.2) is 0 Å². The minimum absolute atomic E-state index is 0.420. The highest BCUT2D eigenvalue weighted by Crippen LogP contribution is 2.23. The van der Waals surface area contributed by atoms with E-state index >= 15 is 0 Å². The second kappa shape index (κ2) is 9.50. The van der Waals surface area contributed by atoms with Crippen LogP contribution in [-0.2, 0) is 0 Å². The van der Waals surface area contributed by atoms with Crippen molar-refractivity contribution in [2.45, 2.75) is 46.1 Å². The van der Waals surface area contributed by atoms with E-state index in [1.807, 2.05) is 0 Å². The molecule has 94 valence electrons. The minimum Gasteiger partial charge on any atom is -0.384 e. The van der Waals surface area contributed by atoms with Gasteiger partial charge in [-0.15, -0.1) is 0 Å². The predicted molar refractivity (Wildman–Crippen MR) is 85.9 cm³/mol. The van der Waals surface area contributed by atoms with E-state index in [9.17, 15) is 0 Å². The normalized spacial score (nSPS) is 14.2. The summed E-state index contributed by atoms with van der Waals surface area (Å²) in [7, 11) is 2.77. The molecule has 0 aliphatic heterocycles. The number of thiocarbonyl (C=S) groups is 2. The first-order valence-electron chi connectivity index (χ1n) is 5.44. The van der Waals surface area contributed by atoms with Crippen LogP contribution < -0.4 is 11.1 Å². The van der Waals surface area contributed by atoms with Gasteiger partial charge in [-0.1, -0.05) is 51.6 Å². The molecule has 0 spiro atoms. The summed E-state index contributed by atoms with van der Waals surface area (Å²) in [6.45, 7) is 6.66. The zero-order valence-electron chi connectivity index (χ0n) is 9.99. The van der Waals surface area contributed by atoms with E-state index in [4.69, 9.17) is 30.2 Å². The summed E-state index contributed by atoms with van der Waals surface area (Å²) in [5, 5.41) is 3.35. The molecule has 16 heavy (non-hydrogen) atoms. The van der Waals surface area contributed by atoms with Gasteiger partial charge in [0.25, 0.3) is 0 Å². The van der Waals surface area contributed by atoms with Crippen LogP contribution in [0.15, 0.2) is 0 Å². The summed E-state index contributed by atoms with van der Waals surface area (Å²) in [4.78, 5) is 0. The van der Waals surface area contributed by atoms with Crippen molar-refractivity contribution in [1.29, 1.82) is 0 Å². The van der Waals surface area contributed by atoms with E-state index in [1.165, 1.54) is 28.0 Å². The quantitative estimate of drug-likeness (QED) is 0.595. The van der Waals surface area contributed by atoms with Crippen molar-refractivity contribution in [3.63, 3.8) is 0 Å². The van der Waals surface area contributed by atoms with E-state index in [-0.39, 0.29) is 0 Å². The number of hydrogen-bond acceptors (Lipinski definition) is 4. The molecule has 2 atom stereocenters. The molecule has 3 N–H and O–H groups in total. The van der Waals surface area contributed by atoms with E-state index < -0.39 is 0 Å². The lowest BCUT2D eigenvalue weighted by molar-refractivity contribution is 0.424. The fourth-order valence-corrected chi connectivity index (χ4v) is 3.02. The molecule has 0 aliphatic rings. The largest absolute Gasteiger partial charge is 0.384 e. The third-order valence-corrected chi connectivity index (χ3v) is 5.45. The highest BCUT2D eigenvalue weighted by atomic mass is 33.1. The molecule has 0 heterocycles. The number of nitrogens with two attached hydrogens (primary N) is 1. The summed E-state index contributed by atoms with van der Waals surface area (Å²) in [5.41, 5.74) is 5.39. The second-order valence-electron chi connectivity index (χ2n) is 3.77. The second-order valence-corrected chi connectivity index (χ2v) is 7.32. The lowest BCUT2D eigenvalue weighted by Gasteiger charge is -2.21. The van der Waals surface area contributed by atoms with E-state index in [0.29, 0.717) is 10.4 Å². The van der Waals surface area contributed by atoms with Gasteiger partial charge in [-0.2, -0.15) is 0 Å².